The van der Waals surface area contributed by atoms with Gasteiger partial charge < -0.3 is 15.0 Å². The highest BCUT2D eigenvalue weighted by Crippen LogP contribution is 2.32. The number of anilines is 1. The summed E-state index contributed by atoms with van der Waals surface area (Å²) >= 11 is 0. The van der Waals surface area contributed by atoms with Crippen LogP contribution in [-0.4, -0.2) is 16.7 Å². The molecule has 0 saturated heterocycles. The van der Waals surface area contributed by atoms with Crippen LogP contribution in [0.2, 0.25) is 0 Å². The van der Waals surface area contributed by atoms with E-state index in [1.807, 2.05) is 18.2 Å². The molecule has 2 N–H and O–H groups in total. The Bertz CT molecular complexity index is 805. The van der Waals surface area contributed by atoms with E-state index in [0.29, 0.717) is 5.69 Å². The van der Waals surface area contributed by atoms with Gasteiger partial charge in [0.25, 0.3) is 0 Å². The SMILES string of the molecule is CCn1c(-c2cc(OC)ccc2N)nc2cc(C)ccc21. The van der Waals surface area contributed by atoms with Crippen LogP contribution in [0.5, 0.6) is 5.75 Å². The lowest BCUT2D eigenvalue weighted by molar-refractivity contribution is 0.415. The third kappa shape index (κ3) is 2.23. The molecule has 0 aliphatic carbocycles. The van der Waals surface area contributed by atoms with Gasteiger partial charge in [0.05, 0.1) is 18.1 Å². The Morgan fingerprint density at radius 2 is 2.00 bits per heavy atom. The van der Waals surface area contributed by atoms with E-state index >= 15 is 0 Å². The zero-order chi connectivity index (χ0) is 15.0. The minimum atomic E-state index is 0.706. The highest BCUT2D eigenvalue weighted by atomic mass is 16.5. The maximum absolute atomic E-state index is 6.14. The third-order valence-electron chi connectivity index (χ3n) is 3.72. The van der Waals surface area contributed by atoms with Crippen molar-refractivity contribution in [3.05, 3.63) is 42.0 Å². The molecule has 3 aromatic rings. The van der Waals surface area contributed by atoms with Crippen molar-refractivity contribution in [3.63, 3.8) is 0 Å². The van der Waals surface area contributed by atoms with Crippen molar-refractivity contribution in [1.82, 2.24) is 9.55 Å². The van der Waals surface area contributed by atoms with E-state index in [0.717, 1.165) is 34.7 Å². The number of hydrogen-bond donors (Lipinski definition) is 1. The molecular weight excluding hydrogens is 262 g/mol. The predicted molar refractivity (Wildman–Crippen MR) is 86.5 cm³/mol. The number of methoxy groups -OCH3 is 1. The smallest absolute Gasteiger partial charge is 0.143 e. The maximum Gasteiger partial charge on any atom is 0.143 e. The summed E-state index contributed by atoms with van der Waals surface area (Å²) in [6, 6.07) is 12.0. The molecule has 0 spiro atoms. The van der Waals surface area contributed by atoms with Crippen LogP contribution < -0.4 is 10.5 Å². The number of benzene rings is 2. The van der Waals surface area contributed by atoms with Crippen LogP contribution in [0, 0.1) is 6.92 Å². The fourth-order valence-electron chi connectivity index (χ4n) is 2.62. The van der Waals surface area contributed by atoms with E-state index in [9.17, 15) is 0 Å². The van der Waals surface area contributed by atoms with E-state index in [-0.39, 0.29) is 0 Å². The van der Waals surface area contributed by atoms with Gasteiger partial charge in [0.15, 0.2) is 0 Å². The van der Waals surface area contributed by atoms with Gasteiger partial charge in [0.2, 0.25) is 0 Å². The lowest BCUT2D eigenvalue weighted by Crippen LogP contribution is -2.00. The Morgan fingerprint density at radius 1 is 1.19 bits per heavy atom. The summed E-state index contributed by atoms with van der Waals surface area (Å²) in [6.45, 7) is 5.02. The first-order valence-electron chi connectivity index (χ1n) is 7.04. The summed E-state index contributed by atoms with van der Waals surface area (Å²) in [5.74, 6) is 1.67. The summed E-state index contributed by atoms with van der Waals surface area (Å²) < 4.78 is 7.49. The summed E-state index contributed by atoms with van der Waals surface area (Å²) in [5, 5.41) is 0. The minimum absolute atomic E-state index is 0.706. The Kier molecular flexibility index (Phi) is 3.29. The molecule has 0 bridgehead atoms. The number of rotatable bonds is 3. The molecule has 0 fully saturated rings. The largest absolute Gasteiger partial charge is 0.497 e. The van der Waals surface area contributed by atoms with E-state index < -0.39 is 0 Å². The number of hydrogen-bond acceptors (Lipinski definition) is 3. The Balaban J connectivity index is 2.29. The fourth-order valence-corrected chi connectivity index (χ4v) is 2.62. The van der Waals surface area contributed by atoms with Crippen molar-refractivity contribution in [2.45, 2.75) is 20.4 Å². The van der Waals surface area contributed by atoms with Crippen molar-refractivity contribution >= 4 is 16.7 Å². The molecular formula is C17H19N3O. The van der Waals surface area contributed by atoms with Crippen molar-refractivity contribution in [3.8, 4) is 17.1 Å². The van der Waals surface area contributed by atoms with Crippen LogP contribution in [-0.2, 0) is 6.54 Å². The second-order valence-electron chi connectivity index (χ2n) is 5.13. The van der Waals surface area contributed by atoms with Gasteiger partial charge in [-0.25, -0.2) is 4.98 Å². The van der Waals surface area contributed by atoms with E-state index in [1.165, 1.54) is 5.56 Å². The van der Waals surface area contributed by atoms with Gasteiger partial charge in [-0.3, -0.25) is 0 Å². The van der Waals surface area contributed by atoms with Gasteiger partial charge in [-0.15, -0.1) is 0 Å². The van der Waals surface area contributed by atoms with Crippen molar-refractivity contribution in [2.75, 3.05) is 12.8 Å². The topological polar surface area (TPSA) is 53.1 Å². The van der Waals surface area contributed by atoms with Crippen LogP contribution >= 0.6 is 0 Å². The Hall–Kier alpha value is -2.49. The molecule has 0 amide bonds. The molecule has 4 heteroatoms. The van der Waals surface area contributed by atoms with Gasteiger partial charge in [-0.05, 0) is 49.7 Å². The van der Waals surface area contributed by atoms with Crippen LogP contribution in [0.15, 0.2) is 36.4 Å². The normalized spacial score (nSPS) is 11.0. The average Bonchev–Trinajstić information content (AvgIpc) is 2.85. The molecule has 0 aliphatic rings. The number of ether oxygens (including phenoxy) is 1. The minimum Gasteiger partial charge on any atom is -0.497 e. The Labute approximate surface area is 124 Å². The molecule has 3 rings (SSSR count). The first-order valence-corrected chi connectivity index (χ1v) is 7.04. The van der Waals surface area contributed by atoms with Crippen LogP contribution in [0.25, 0.3) is 22.4 Å². The van der Waals surface area contributed by atoms with Crippen molar-refractivity contribution in [1.29, 1.82) is 0 Å². The summed E-state index contributed by atoms with van der Waals surface area (Å²) in [4.78, 5) is 4.78. The molecule has 108 valence electrons. The van der Waals surface area contributed by atoms with Crippen LogP contribution in [0.3, 0.4) is 0 Å². The maximum atomic E-state index is 6.14. The summed E-state index contributed by atoms with van der Waals surface area (Å²) in [5.41, 5.74) is 11.1. The fraction of sp³-hybridized carbons (Fsp3) is 0.235. The number of nitrogen functional groups attached to an aromatic ring is 1. The number of nitrogens with two attached hydrogens (primary N) is 1. The van der Waals surface area contributed by atoms with Gasteiger partial charge in [-0.2, -0.15) is 0 Å². The second kappa shape index (κ2) is 5.13. The quantitative estimate of drug-likeness (QED) is 0.746. The van der Waals surface area contributed by atoms with Gasteiger partial charge in [-0.1, -0.05) is 6.07 Å². The van der Waals surface area contributed by atoms with Gasteiger partial charge in [0, 0.05) is 17.8 Å². The molecule has 0 saturated carbocycles. The number of aromatic nitrogens is 2. The van der Waals surface area contributed by atoms with Crippen LogP contribution in [0.4, 0.5) is 5.69 Å². The number of imidazole rings is 1. The lowest BCUT2D eigenvalue weighted by atomic mass is 10.1. The zero-order valence-corrected chi connectivity index (χ0v) is 12.6. The van der Waals surface area contributed by atoms with Crippen LogP contribution in [0.1, 0.15) is 12.5 Å². The van der Waals surface area contributed by atoms with E-state index in [4.69, 9.17) is 15.5 Å². The number of fused-ring (bicyclic) bond motifs is 1. The number of aryl methyl sites for hydroxylation is 2. The molecule has 0 atom stereocenters. The van der Waals surface area contributed by atoms with Crippen molar-refractivity contribution < 1.29 is 4.74 Å². The molecule has 0 radical (unpaired) electrons. The molecule has 1 heterocycles. The molecule has 2 aromatic carbocycles. The average molecular weight is 281 g/mol. The monoisotopic (exact) mass is 281 g/mol. The highest BCUT2D eigenvalue weighted by molar-refractivity contribution is 5.84. The summed E-state index contributed by atoms with van der Waals surface area (Å²) in [7, 11) is 1.65. The first kappa shape index (κ1) is 13.5. The zero-order valence-electron chi connectivity index (χ0n) is 12.6. The highest BCUT2D eigenvalue weighted by Gasteiger charge is 2.14. The second-order valence-corrected chi connectivity index (χ2v) is 5.13. The van der Waals surface area contributed by atoms with Crippen molar-refractivity contribution in [2.24, 2.45) is 0 Å². The molecule has 0 aliphatic heterocycles. The Morgan fingerprint density at radius 3 is 2.71 bits per heavy atom. The molecule has 0 unspecified atom stereocenters. The lowest BCUT2D eigenvalue weighted by Gasteiger charge is -2.10. The predicted octanol–water partition coefficient (Wildman–Crippen LogP) is 3.62. The molecule has 4 nitrogen and oxygen atoms in total. The molecule has 1 aromatic heterocycles. The first-order chi connectivity index (χ1) is 10.1. The standard InChI is InChI=1S/C17H19N3O/c1-4-20-16-8-5-11(2)9-15(16)19-17(20)13-10-12(21-3)6-7-14(13)18/h5-10H,4,18H2,1-3H3. The van der Waals surface area contributed by atoms with Gasteiger partial charge >= 0.3 is 0 Å². The third-order valence-corrected chi connectivity index (χ3v) is 3.72. The summed E-state index contributed by atoms with van der Waals surface area (Å²) in [6.07, 6.45) is 0. The number of nitrogens with zero attached hydrogens (tertiary/aromatic N) is 2. The van der Waals surface area contributed by atoms with E-state index in [1.54, 1.807) is 7.11 Å². The van der Waals surface area contributed by atoms with Gasteiger partial charge in [0.1, 0.15) is 11.6 Å². The van der Waals surface area contributed by atoms with E-state index in [2.05, 4.69) is 36.6 Å². The molecule has 21 heavy (non-hydrogen) atoms.